The van der Waals surface area contributed by atoms with Gasteiger partial charge in [-0.15, -0.1) is 0 Å². The number of rotatable bonds is 1. The van der Waals surface area contributed by atoms with E-state index in [1.165, 1.54) is 6.07 Å². The molecular formula is C10H6F3NO3. The number of carbonyl (C=O) groups excluding carboxylic acids is 1. The molecule has 1 N–H and O–H groups in total. The number of methoxy groups -OCH3 is 1. The SMILES string of the molecule is COC(=O)c1cc(C#N)c(O)c(C(F)(F)F)c1. The number of benzene rings is 1. The first-order chi connectivity index (χ1) is 7.81. The van der Waals surface area contributed by atoms with Crippen molar-refractivity contribution in [3.63, 3.8) is 0 Å². The number of nitrogens with zero attached hydrogens (tertiary/aromatic N) is 1. The van der Waals surface area contributed by atoms with E-state index >= 15 is 0 Å². The number of aromatic hydroxyl groups is 1. The quantitative estimate of drug-likeness (QED) is 0.769. The van der Waals surface area contributed by atoms with E-state index in [1.807, 2.05) is 0 Å². The summed E-state index contributed by atoms with van der Waals surface area (Å²) in [6.07, 6.45) is -4.86. The lowest BCUT2D eigenvalue weighted by atomic mass is 10.0. The summed E-state index contributed by atoms with van der Waals surface area (Å²) in [5, 5.41) is 17.8. The molecule has 0 bridgehead atoms. The van der Waals surface area contributed by atoms with Crippen LogP contribution in [0.3, 0.4) is 0 Å². The van der Waals surface area contributed by atoms with Crippen molar-refractivity contribution < 1.29 is 27.8 Å². The minimum atomic E-state index is -4.86. The normalized spacial score (nSPS) is 10.8. The summed E-state index contributed by atoms with van der Waals surface area (Å²) in [7, 11) is 0.995. The highest BCUT2D eigenvalue weighted by Gasteiger charge is 2.36. The van der Waals surface area contributed by atoms with Crippen LogP contribution in [0.4, 0.5) is 13.2 Å². The summed E-state index contributed by atoms with van der Waals surface area (Å²) in [4.78, 5) is 11.1. The Morgan fingerprint density at radius 2 is 2.06 bits per heavy atom. The first-order valence-electron chi connectivity index (χ1n) is 4.24. The van der Waals surface area contributed by atoms with E-state index in [0.717, 1.165) is 13.2 Å². The van der Waals surface area contributed by atoms with E-state index in [-0.39, 0.29) is 0 Å². The van der Waals surface area contributed by atoms with Crippen LogP contribution in [0.1, 0.15) is 21.5 Å². The third-order valence-electron chi connectivity index (χ3n) is 1.96. The molecule has 1 rings (SSSR count). The summed E-state index contributed by atoms with van der Waals surface area (Å²) in [5.41, 5.74) is -2.54. The molecule has 0 fully saturated rings. The predicted molar refractivity (Wildman–Crippen MR) is 49.2 cm³/mol. The first kappa shape index (κ1) is 12.8. The van der Waals surface area contributed by atoms with Gasteiger partial charge in [-0.3, -0.25) is 0 Å². The fourth-order valence-electron chi connectivity index (χ4n) is 1.17. The molecule has 7 heteroatoms. The number of carbonyl (C=O) groups is 1. The summed E-state index contributed by atoms with van der Waals surface area (Å²) in [6.45, 7) is 0. The number of hydrogen-bond acceptors (Lipinski definition) is 4. The Morgan fingerprint density at radius 1 is 1.47 bits per heavy atom. The molecule has 1 aromatic carbocycles. The molecule has 0 aliphatic rings. The molecule has 4 nitrogen and oxygen atoms in total. The van der Waals surface area contributed by atoms with Crippen LogP contribution in [0.5, 0.6) is 5.75 Å². The van der Waals surface area contributed by atoms with Gasteiger partial charge in [0.2, 0.25) is 0 Å². The highest BCUT2D eigenvalue weighted by Crippen LogP contribution is 2.38. The number of phenolic OH excluding ortho intramolecular Hbond substituents is 1. The number of nitriles is 1. The summed E-state index contributed by atoms with van der Waals surface area (Å²) < 4.78 is 41.7. The second-order valence-corrected chi connectivity index (χ2v) is 3.02. The second-order valence-electron chi connectivity index (χ2n) is 3.02. The van der Waals surface area contributed by atoms with E-state index < -0.39 is 34.6 Å². The molecule has 0 unspecified atom stereocenters. The Hall–Kier alpha value is -2.23. The van der Waals surface area contributed by atoms with Crippen molar-refractivity contribution in [2.24, 2.45) is 0 Å². The summed E-state index contributed by atoms with van der Waals surface area (Å²) in [6, 6.07) is 2.63. The molecule has 0 amide bonds. The maximum absolute atomic E-state index is 12.5. The first-order valence-corrected chi connectivity index (χ1v) is 4.24. The van der Waals surface area contributed by atoms with Gasteiger partial charge in [-0.25, -0.2) is 4.79 Å². The highest BCUT2D eigenvalue weighted by atomic mass is 19.4. The smallest absolute Gasteiger partial charge is 0.420 e. The lowest BCUT2D eigenvalue weighted by molar-refractivity contribution is -0.138. The number of esters is 1. The van der Waals surface area contributed by atoms with Crippen LogP contribution >= 0.6 is 0 Å². The van der Waals surface area contributed by atoms with Crippen LogP contribution < -0.4 is 0 Å². The average molecular weight is 245 g/mol. The predicted octanol–water partition coefficient (Wildman–Crippen LogP) is 2.07. The standard InChI is InChI=1S/C10H6F3NO3/c1-17-9(16)5-2-6(4-14)8(15)7(3-5)10(11,12)13/h2-3,15H,1H3. The van der Waals surface area contributed by atoms with Crippen molar-refractivity contribution in [2.45, 2.75) is 6.18 Å². The molecule has 0 saturated heterocycles. The van der Waals surface area contributed by atoms with E-state index in [0.29, 0.717) is 6.07 Å². The van der Waals surface area contributed by atoms with Crippen LogP contribution in [-0.2, 0) is 10.9 Å². The Morgan fingerprint density at radius 3 is 2.47 bits per heavy atom. The topological polar surface area (TPSA) is 70.3 Å². The van der Waals surface area contributed by atoms with Crippen molar-refractivity contribution in [1.82, 2.24) is 0 Å². The van der Waals surface area contributed by atoms with Gasteiger partial charge in [-0.05, 0) is 12.1 Å². The van der Waals surface area contributed by atoms with Crippen LogP contribution in [0, 0.1) is 11.3 Å². The van der Waals surface area contributed by atoms with Gasteiger partial charge in [-0.2, -0.15) is 18.4 Å². The van der Waals surface area contributed by atoms with Crippen LogP contribution in [0.2, 0.25) is 0 Å². The van der Waals surface area contributed by atoms with Crippen LogP contribution in [0.25, 0.3) is 0 Å². The largest absolute Gasteiger partial charge is 0.506 e. The van der Waals surface area contributed by atoms with E-state index in [1.54, 1.807) is 0 Å². The second kappa shape index (κ2) is 4.33. The Labute approximate surface area is 93.8 Å². The molecular weight excluding hydrogens is 239 g/mol. The molecule has 0 aliphatic heterocycles. The van der Waals surface area contributed by atoms with Gasteiger partial charge in [0.25, 0.3) is 0 Å². The molecule has 17 heavy (non-hydrogen) atoms. The average Bonchev–Trinajstić information content (AvgIpc) is 2.26. The summed E-state index contributed by atoms with van der Waals surface area (Å²) in [5.74, 6) is -2.22. The van der Waals surface area contributed by atoms with E-state index in [4.69, 9.17) is 5.26 Å². The van der Waals surface area contributed by atoms with Crippen molar-refractivity contribution >= 4 is 5.97 Å². The van der Waals surface area contributed by atoms with E-state index in [2.05, 4.69) is 4.74 Å². The number of ether oxygens (including phenoxy) is 1. The maximum Gasteiger partial charge on any atom is 0.420 e. The number of phenols is 1. The van der Waals surface area contributed by atoms with Crippen molar-refractivity contribution in [3.05, 3.63) is 28.8 Å². The van der Waals surface area contributed by atoms with Gasteiger partial charge in [0, 0.05) is 0 Å². The van der Waals surface area contributed by atoms with Crippen molar-refractivity contribution in [1.29, 1.82) is 5.26 Å². The van der Waals surface area contributed by atoms with Crippen molar-refractivity contribution in [3.8, 4) is 11.8 Å². The molecule has 0 aliphatic carbocycles. The molecule has 0 saturated carbocycles. The molecule has 0 heterocycles. The molecule has 90 valence electrons. The highest BCUT2D eigenvalue weighted by molar-refractivity contribution is 5.90. The van der Waals surface area contributed by atoms with Gasteiger partial charge < -0.3 is 9.84 Å². The maximum atomic E-state index is 12.5. The fourth-order valence-corrected chi connectivity index (χ4v) is 1.17. The fraction of sp³-hybridized carbons (Fsp3) is 0.200. The third-order valence-corrected chi connectivity index (χ3v) is 1.96. The Bertz CT molecular complexity index is 503. The minimum Gasteiger partial charge on any atom is -0.506 e. The zero-order valence-corrected chi connectivity index (χ0v) is 8.50. The molecule has 0 spiro atoms. The van der Waals surface area contributed by atoms with Crippen molar-refractivity contribution in [2.75, 3.05) is 7.11 Å². The van der Waals surface area contributed by atoms with Gasteiger partial charge >= 0.3 is 12.1 Å². The number of hydrogen-bond donors (Lipinski definition) is 1. The zero-order chi connectivity index (χ0) is 13.2. The lowest BCUT2D eigenvalue weighted by Crippen LogP contribution is -2.10. The van der Waals surface area contributed by atoms with Gasteiger partial charge in [-0.1, -0.05) is 0 Å². The van der Waals surface area contributed by atoms with Gasteiger partial charge in [0.05, 0.1) is 23.8 Å². The number of halogens is 3. The minimum absolute atomic E-state index is 0.433. The Kier molecular flexibility index (Phi) is 3.27. The lowest BCUT2D eigenvalue weighted by Gasteiger charge is -2.11. The zero-order valence-electron chi connectivity index (χ0n) is 8.50. The molecule has 0 atom stereocenters. The number of alkyl halides is 3. The van der Waals surface area contributed by atoms with Gasteiger partial charge in [0.15, 0.2) is 0 Å². The van der Waals surface area contributed by atoms with Gasteiger partial charge in [0.1, 0.15) is 11.8 Å². The van der Waals surface area contributed by atoms with Crippen LogP contribution in [0.15, 0.2) is 12.1 Å². The third kappa shape index (κ3) is 2.47. The Balaban J connectivity index is 3.51. The monoisotopic (exact) mass is 245 g/mol. The molecule has 0 radical (unpaired) electrons. The van der Waals surface area contributed by atoms with E-state index in [9.17, 15) is 23.1 Å². The summed E-state index contributed by atoms with van der Waals surface area (Å²) >= 11 is 0. The molecule has 1 aromatic rings. The molecule has 0 aromatic heterocycles. The van der Waals surface area contributed by atoms with Crippen LogP contribution in [-0.4, -0.2) is 18.2 Å².